The monoisotopic (exact) mass is 356 g/mol. The first-order valence-electron chi connectivity index (χ1n) is 8.21. The van der Waals surface area contributed by atoms with Gasteiger partial charge < -0.3 is 19.7 Å². The van der Waals surface area contributed by atoms with E-state index < -0.39 is 0 Å². The minimum absolute atomic E-state index is 0.190. The molecule has 0 aromatic heterocycles. The lowest BCUT2D eigenvalue weighted by molar-refractivity contribution is 0.411. The Morgan fingerprint density at radius 2 is 1.15 bits per heavy atom. The van der Waals surface area contributed by atoms with E-state index in [0.29, 0.717) is 35.7 Å². The Bertz CT molecular complexity index is 760. The Morgan fingerprint density at radius 1 is 0.769 bits per heavy atom. The third-order valence-corrected chi connectivity index (χ3v) is 3.90. The van der Waals surface area contributed by atoms with Gasteiger partial charge in [-0.25, -0.2) is 0 Å². The molecule has 0 aliphatic carbocycles. The van der Waals surface area contributed by atoms with Crippen LogP contribution in [0.5, 0.6) is 23.0 Å². The number of phenols is 2. The van der Waals surface area contributed by atoms with Crippen LogP contribution in [0.1, 0.15) is 22.3 Å². The van der Waals surface area contributed by atoms with Crippen molar-refractivity contribution in [1.82, 2.24) is 0 Å². The van der Waals surface area contributed by atoms with Crippen LogP contribution in [0.25, 0.3) is 0 Å². The summed E-state index contributed by atoms with van der Waals surface area (Å²) in [6.45, 7) is 4.52. The molecule has 6 nitrogen and oxygen atoms in total. The number of hydrogen-bond donors (Lipinski definition) is 2. The molecule has 0 bridgehead atoms. The SMILES string of the molecule is COc1cc(C)c(O)c(C=NCCN=Cc2cc(OC)cc(C)c2O)c1. The Labute approximate surface area is 153 Å². The van der Waals surface area contributed by atoms with Crippen molar-refractivity contribution >= 4 is 12.4 Å². The molecule has 0 spiro atoms. The zero-order valence-electron chi connectivity index (χ0n) is 15.5. The molecule has 2 N–H and O–H groups in total. The topological polar surface area (TPSA) is 83.6 Å². The van der Waals surface area contributed by atoms with Gasteiger partial charge in [0.05, 0.1) is 27.3 Å². The summed E-state index contributed by atoms with van der Waals surface area (Å²) < 4.78 is 10.4. The lowest BCUT2D eigenvalue weighted by Gasteiger charge is -2.07. The highest BCUT2D eigenvalue weighted by Crippen LogP contribution is 2.27. The van der Waals surface area contributed by atoms with Gasteiger partial charge in [-0.2, -0.15) is 0 Å². The number of rotatable bonds is 7. The van der Waals surface area contributed by atoms with E-state index in [2.05, 4.69) is 9.98 Å². The van der Waals surface area contributed by atoms with E-state index in [-0.39, 0.29) is 11.5 Å². The maximum absolute atomic E-state index is 10.1. The van der Waals surface area contributed by atoms with Gasteiger partial charge in [0.2, 0.25) is 0 Å². The fourth-order valence-electron chi connectivity index (χ4n) is 2.42. The molecule has 138 valence electrons. The summed E-state index contributed by atoms with van der Waals surface area (Å²) in [6, 6.07) is 6.98. The van der Waals surface area contributed by atoms with Crippen LogP contribution in [0.4, 0.5) is 0 Å². The van der Waals surface area contributed by atoms with Crippen LogP contribution < -0.4 is 9.47 Å². The van der Waals surface area contributed by atoms with Crippen LogP contribution in [0.15, 0.2) is 34.3 Å². The standard InChI is InChI=1S/C20H24N2O4/c1-13-7-17(25-3)9-15(19(13)23)11-21-5-6-22-12-16-10-18(26-4)8-14(2)20(16)24/h7-12,23-24H,5-6H2,1-4H3. The lowest BCUT2D eigenvalue weighted by Crippen LogP contribution is -1.94. The summed E-state index contributed by atoms with van der Waals surface area (Å²) >= 11 is 0. The van der Waals surface area contributed by atoms with Gasteiger partial charge in [0.1, 0.15) is 23.0 Å². The third kappa shape index (κ3) is 4.75. The summed E-state index contributed by atoms with van der Waals surface area (Å²) in [4.78, 5) is 8.56. The van der Waals surface area contributed by atoms with Crippen molar-refractivity contribution in [2.75, 3.05) is 27.3 Å². The average molecular weight is 356 g/mol. The highest BCUT2D eigenvalue weighted by molar-refractivity contribution is 5.85. The molecular weight excluding hydrogens is 332 g/mol. The van der Waals surface area contributed by atoms with Crippen molar-refractivity contribution in [1.29, 1.82) is 0 Å². The smallest absolute Gasteiger partial charge is 0.127 e. The summed E-state index contributed by atoms with van der Waals surface area (Å²) in [6.07, 6.45) is 3.21. The maximum Gasteiger partial charge on any atom is 0.127 e. The molecule has 2 aromatic rings. The summed E-state index contributed by atoms with van der Waals surface area (Å²) in [5, 5.41) is 20.1. The van der Waals surface area contributed by atoms with Gasteiger partial charge in [-0.3, -0.25) is 9.98 Å². The molecule has 0 saturated heterocycles. The number of phenolic OH excluding ortho intramolecular Hbond substituents is 2. The average Bonchev–Trinajstić information content (AvgIpc) is 2.64. The number of aryl methyl sites for hydroxylation is 2. The van der Waals surface area contributed by atoms with Crippen LogP contribution in [0, 0.1) is 13.8 Å². The van der Waals surface area contributed by atoms with Crippen molar-refractivity contribution in [2.24, 2.45) is 9.98 Å². The third-order valence-electron chi connectivity index (χ3n) is 3.90. The number of ether oxygens (including phenoxy) is 2. The highest BCUT2D eigenvalue weighted by atomic mass is 16.5. The van der Waals surface area contributed by atoms with Crippen molar-refractivity contribution < 1.29 is 19.7 Å². The molecule has 0 heterocycles. The van der Waals surface area contributed by atoms with Gasteiger partial charge >= 0.3 is 0 Å². The van der Waals surface area contributed by atoms with Gasteiger partial charge in [-0.05, 0) is 49.2 Å². The number of aliphatic imine (C=N–C) groups is 2. The van der Waals surface area contributed by atoms with Crippen molar-refractivity contribution in [3.63, 3.8) is 0 Å². The first kappa shape index (κ1) is 19.3. The van der Waals surface area contributed by atoms with Crippen LogP contribution >= 0.6 is 0 Å². The van der Waals surface area contributed by atoms with Crippen LogP contribution in [-0.2, 0) is 0 Å². The first-order valence-corrected chi connectivity index (χ1v) is 8.21. The Kier molecular flexibility index (Phi) is 6.60. The molecule has 0 unspecified atom stereocenters. The maximum atomic E-state index is 10.1. The molecule has 0 aliphatic rings. The molecule has 26 heavy (non-hydrogen) atoms. The van der Waals surface area contributed by atoms with E-state index in [1.54, 1.807) is 50.9 Å². The largest absolute Gasteiger partial charge is 0.507 e. The number of benzene rings is 2. The molecule has 2 aromatic carbocycles. The fourth-order valence-corrected chi connectivity index (χ4v) is 2.42. The fraction of sp³-hybridized carbons (Fsp3) is 0.300. The van der Waals surface area contributed by atoms with E-state index in [9.17, 15) is 10.2 Å². The second kappa shape index (κ2) is 8.89. The lowest BCUT2D eigenvalue weighted by atomic mass is 10.1. The number of aromatic hydroxyl groups is 2. The predicted octanol–water partition coefficient (Wildman–Crippen LogP) is 3.27. The van der Waals surface area contributed by atoms with E-state index in [4.69, 9.17) is 9.47 Å². The first-order chi connectivity index (χ1) is 12.5. The minimum atomic E-state index is 0.190. The van der Waals surface area contributed by atoms with Crippen molar-refractivity contribution in [3.05, 3.63) is 46.5 Å². The molecule has 6 heteroatoms. The Morgan fingerprint density at radius 3 is 1.50 bits per heavy atom. The van der Waals surface area contributed by atoms with Gasteiger partial charge in [-0.1, -0.05) is 0 Å². The molecular formula is C20H24N2O4. The second-order valence-corrected chi connectivity index (χ2v) is 5.83. The van der Waals surface area contributed by atoms with Crippen LogP contribution in [-0.4, -0.2) is 50.0 Å². The molecule has 2 rings (SSSR count). The van der Waals surface area contributed by atoms with Crippen LogP contribution in [0.3, 0.4) is 0 Å². The van der Waals surface area contributed by atoms with Gasteiger partial charge in [0.15, 0.2) is 0 Å². The number of hydrogen-bond acceptors (Lipinski definition) is 6. The molecule has 0 fully saturated rings. The second-order valence-electron chi connectivity index (χ2n) is 5.83. The predicted molar refractivity (Wildman–Crippen MR) is 104 cm³/mol. The van der Waals surface area contributed by atoms with Gasteiger partial charge in [0, 0.05) is 23.6 Å². The number of methoxy groups -OCH3 is 2. The molecule has 0 aliphatic heterocycles. The van der Waals surface area contributed by atoms with Crippen LogP contribution in [0.2, 0.25) is 0 Å². The summed E-state index contributed by atoms with van der Waals surface area (Å²) in [5.74, 6) is 1.72. The van der Waals surface area contributed by atoms with Gasteiger partial charge in [0.25, 0.3) is 0 Å². The van der Waals surface area contributed by atoms with E-state index >= 15 is 0 Å². The molecule has 0 atom stereocenters. The quantitative estimate of drug-likeness (QED) is 0.589. The number of nitrogens with zero attached hydrogens (tertiary/aromatic N) is 2. The Hall–Kier alpha value is -3.02. The summed E-state index contributed by atoms with van der Waals surface area (Å²) in [5.41, 5.74) is 2.67. The summed E-state index contributed by atoms with van der Waals surface area (Å²) in [7, 11) is 3.16. The highest BCUT2D eigenvalue weighted by Gasteiger charge is 2.06. The van der Waals surface area contributed by atoms with Crippen molar-refractivity contribution in [3.8, 4) is 23.0 Å². The zero-order valence-corrected chi connectivity index (χ0v) is 15.5. The molecule has 0 radical (unpaired) electrons. The van der Waals surface area contributed by atoms with E-state index in [1.807, 2.05) is 13.8 Å². The minimum Gasteiger partial charge on any atom is -0.507 e. The zero-order chi connectivity index (χ0) is 19.1. The molecule has 0 amide bonds. The van der Waals surface area contributed by atoms with Gasteiger partial charge in [-0.15, -0.1) is 0 Å². The Balaban J connectivity index is 1.99. The molecule has 0 saturated carbocycles. The van der Waals surface area contributed by atoms with E-state index in [0.717, 1.165) is 11.1 Å². The van der Waals surface area contributed by atoms with E-state index in [1.165, 1.54) is 0 Å². The van der Waals surface area contributed by atoms with Crippen molar-refractivity contribution in [2.45, 2.75) is 13.8 Å². The normalized spacial score (nSPS) is 11.4.